The fraction of sp³-hybridized carbons (Fsp3) is 0.444. The lowest BCUT2D eigenvalue weighted by Gasteiger charge is -2.17. The number of hydrogen-bond donors (Lipinski definition) is 1. The van der Waals surface area contributed by atoms with Crippen LogP contribution in [0, 0.1) is 13.8 Å². The Kier molecular flexibility index (Phi) is 5.21. The molecule has 5 nitrogen and oxygen atoms in total. The summed E-state index contributed by atoms with van der Waals surface area (Å²) in [6.45, 7) is 7.96. The Hall–Kier alpha value is -1.85. The number of nitrogens with one attached hydrogen (secondary N) is 1. The average molecular weight is 348 g/mol. The molecule has 1 N–H and O–H groups in total. The van der Waals surface area contributed by atoms with Crippen LogP contribution in [0.5, 0.6) is 11.5 Å². The molecule has 1 unspecified atom stereocenters. The van der Waals surface area contributed by atoms with E-state index in [1.165, 1.54) is 0 Å². The van der Waals surface area contributed by atoms with Crippen molar-refractivity contribution in [3.63, 3.8) is 0 Å². The molecule has 0 amide bonds. The van der Waals surface area contributed by atoms with E-state index >= 15 is 0 Å². The van der Waals surface area contributed by atoms with Crippen molar-refractivity contribution < 1.29 is 9.47 Å². The molecule has 2 aromatic rings. The SMILES string of the molecule is Cc1ncc(C(C)NCc2cc(Cl)c3c(c2)OCCCO3)c(C)n1. The molecule has 1 aromatic heterocycles. The van der Waals surface area contributed by atoms with Crippen LogP contribution in [0.25, 0.3) is 0 Å². The second kappa shape index (κ2) is 7.36. The topological polar surface area (TPSA) is 56.3 Å². The van der Waals surface area contributed by atoms with E-state index in [1.807, 2.05) is 32.2 Å². The van der Waals surface area contributed by atoms with Gasteiger partial charge < -0.3 is 14.8 Å². The van der Waals surface area contributed by atoms with Crippen molar-refractivity contribution in [2.45, 2.75) is 39.8 Å². The summed E-state index contributed by atoms with van der Waals surface area (Å²) in [7, 11) is 0. The Morgan fingerprint density at radius 2 is 2.04 bits per heavy atom. The number of nitrogens with zero attached hydrogens (tertiary/aromatic N) is 2. The smallest absolute Gasteiger partial charge is 0.179 e. The summed E-state index contributed by atoms with van der Waals surface area (Å²) >= 11 is 6.34. The van der Waals surface area contributed by atoms with Crippen LogP contribution in [0.15, 0.2) is 18.3 Å². The van der Waals surface area contributed by atoms with Gasteiger partial charge in [-0.05, 0) is 38.5 Å². The molecule has 2 heterocycles. The van der Waals surface area contributed by atoms with Gasteiger partial charge in [0.05, 0.1) is 18.2 Å². The van der Waals surface area contributed by atoms with Gasteiger partial charge in [-0.2, -0.15) is 0 Å². The zero-order valence-electron chi connectivity index (χ0n) is 14.2. The van der Waals surface area contributed by atoms with Crippen LogP contribution in [0.2, 0.25) is 5.02 Å². The molecular weight excluding hydrogens is 326 g/mol. The number of aryl methyl sites for hydroxylation is 2. The normalized spacial score (nSPS) is 15.0. The highest BCUT2D eigenvalue weighted by molar-refractivity contribution is 6.32. The van der Waals surface area contributed by atoms with Gasteiger partial charge in [0.25, 0.3) is 0 Å². The third kappa shape index (κ3) is 3.79. The van der Waals surface area contributed by atoms with Gasteiger partial charge in [-0.3, -0.25) is 0 Å². The summed E-state index contributed by atoms with van der Waals surface area (Å²) in [5, 5.41) is 4.08. The molecule has 0 fully saturated rings. The zero-order chi connectivity index (χ0) is 17.1. The van der Waals surface area contributed by atoms with Crippen molar-refractivity contribution in [2.75, 3.05) is 13.2 Å². The van der Waals surface area contributed by atoms with Crippen LogP contribution in [0.3, 0.4) is 0 Å². The number of fused-ring (bicyclic) bond motifs is 1. The highest BCUT2D eigenvalue weighted by atomic mass is 35.5. The van der Waals surface area contributed by atoms with Gasteiger partial charge >= 0.3 is 0 Å². The van der Waals surface area contributed by atoms with Crippen molar-refractivity contribution in [2.24, 2.45) is 0 Å². The van der Waals surface area contributed by atoms with E-state index in [0.29, 0.717) is 30.5 Å². The van der Waals surface area contributed by atoms with Gasteiger partial charge in [0.2, 0.25) is 0 Å². The van der Waals surface area contributed by atoms with Gasteiger partial charge in [-0.25, -0.2) is 9.97 Å². The van der Waals surface area contributed by atoms with E-state index in [0.717, 1.165) is 34.8 Å². The number of hydrogen-bond acceptors (Lipinski definition) is 5. The van der Waals surface area contributed by atoms with Crippen molar-refractivity contribution in [1.82, 2.24) is 15.3 Å². The molecule has 1 aliphatic heterocycles. The fourth-order valence-electron chi connectivity index (χ4n) is 2.78. The monoisotopic (exact) mass is 347 g/mol. The summed E-state index contributed by atoms with van der Waals surface area (Å²) in [5.41, 5.74) is 3.15. The zero-order valence-corrected chi connectivity index (χ0v) is 15.0. The van der Waals surface area contributed by atoms with E-state index in [9.17, 15) is 0 Å². The number of ether oxygens (including phenoxy) is 2. The predicted octanol–water partition coefficient (Wildman–Crippen LogP) is 3.76. The summed E-state index contributed by atoms with van der Waals surface area (Å²) < 4.78 is 11.4. The van der Waals surface area contributed by atoms with Crippen molar-refractivity contribution in [3.05, 3.63) is 46.0 Å². The fourth-order valence-corrected chi connectivity index (χ4v) is 3.07. The predicted molar refractivity (Wildman–Crippen MR) is 93.8 cm³/mol. The minimum absolute atomic E-state index is 0.139. The lowest BCUT2D eigenvalue weighted by atomic mass is 10.1. The molecule has 1 aliphatic rings. The van der Waals surface area contributed by atoms with Crippen LogP contribution in [-0.4, -0.2) is 23.2 Å². The molecule has 1 atom stereocenters. The number of halogens is 1. The first-order valence-corrected chi connectivity index (χ1v) is 8.54. The Balaban J connectivity index is 1.72. The van der Waals surface area contributed by atoms with Crippen LogP contribution in [-0.2, 0) is 6.54 Å². The average Bonchev–Trinajstić information content (AvgIpc) is 2.78. The van der Waals surface area contributed by atoms with Crippen LogP contribution < -0.4 is 14.8 Å². The highest BCUT2D eigenvalue weighted by Gasteiger charge is 2.16. The Morgan fingerprint density at radius 3 is 2.83 bits per heavy atom. The molecule has 128 valence electrons. The molecule has 0 radical (unpaired) electrons. The molecule has 0 bridgehead atoms. The van der Waals surface area contributed by atoms with Gasteiger partial charge in [0.15, 0.2) is 11.5 Å². The van der Waals surface area contributed by atoms with E-state index in [4.69, 9.17) is 21.1 Å². The van der Waals surface area contributed by atoms with Gasteiger partial charge in [0.1, 0.15) is 5.82 Å². The first-order valence-electron chi connectivity index (χ1n) is 8.16. The molecule has 6 heteroatoms. The van der Waals surface area contributed by atoms with Gasteiger partial charge in [0, 0.05) is 36.5 Å². The minimum atomic E-state index is 0.139. The van der Waals surface area contributed by atoms with Crippen LogP contribution in [0.4, 0.5) is 0 Å². The first-order chi connectivity index (χ1) is 11.5. The molecule has 0 saturated carbocycles. The van der Waals surface area contributed by atoms with Crippen molar-refractivity contribution in [1.29, 1.82) is 0 Å². The van der Waals surface area contributed by atoms with Crippen LogP contribution in [0.1, 0.15) is 42.0 Å². The van der Waals surface area contributed by atoms with Crippen LogP contribution >= 0.6 is 11.6 Å². The number of aromatic nitrogens is 2. The molecule has 1 aromatic carbocycles. The number of rotatable bonds is 4. The molecule has 0 saturated heterocycles. The third-order valence-corrected chi connectivity index (χ3v) is 4.36. The molecule has 3 rings (SSSR count). The lowest BCUT2D eigenvalue weighted by molar-refractivity contribution is 0.297. The van der Waals surface area contributed by atoms with E-state index in [-0.39, 0.29) is 6.04 Å². The summed E-state index contributed by atoms with van der Waals surface area (Å²) in [5.74, 6) is 2.16. The highest BCUT2D eigenvalue weighted by Crippen LogP contribution is 2.38. The van der Waals surface area contributed by atoms with Gasteiger partial charge in [-0.1, -0.05) is 11.6 Å². The molecule has 0 spiro atoms. The first kappa shape index (κ1) is 17.0. The molecule has 0 aliphatic carbocycles. The van der Waals surface area contributed by atoms with E-state index in [1.54, 1.807) is 0 Å². The maximum Gasteiger partial charge on any atom is 0.179 e. The number of benzene rings is 1. The van der Waals surface area contributed by atoms with E-state index in [2.05, 4.69) is 22.2 Å². The largest absolute Gasteiger partial charge is 0.489 e. The molecular formula is C18H22ClN3O2. The summed E-state index contributed by atoms with van der Waals surface area (Å²) in [6, 6.07) is 4.05. The van der Waals surface area contributed by atoms with Crippen molar-refractivity contribution in [3.8, 4) is 11.5 Å². The van der Waals surface area contributed by atoms with E-state index < -0.39 is 0 Å². The third-order valence-electron chi connectivity index (χ3n) is 4.08. The summed E-state index contributed by atoms with van der Waals surface area (Å²) in [4.78, 5) is 8.71. The Bertz CT molecular complexity index is 736. The minimum Gasteiger partial charge on any atom is -0.489 e. The standard InChI is InChI=1S/C18H22ClN3O2/c1-11(15-10-21-13(3)22-12(15)2)20-9-14-7-16(19)18-17(8-14)23-5-4-6-24-18/h7-8,10-11,20H,4-6,9H2,1-3H3. The second-order valence-electron chi connectivity index (χ2n) is 6.02. The Labute approximate surface area is 147 Å². The Morgan fingerprint density at radius 1 is 1.25 bits per heavy atom. The maximum absolute atomic E-state index is 6.34. The quantitative estimate of drug-likeness (QED) is 0.912. The van der Waals surface area contributed by atoms with Gasteiger partial charge in [-0.15, -0.1) is 0 Å². The second-order valence-corrected chi connectivity index (χ2v) is 6.42. The summed E-state index contributed by atoms with van der Waals surface area (Å²) in [6.07, 6.45) is 2.75. The lowest BCUT2D eigenvalue weighted by Crippen LogP contribution is -2.20. The maximum atomic E-state index is 6.34. The van der Waals surface area contributed by atoms with Crippen molar-refractivity contribution >= 4 is 11.6 Å². The molecule has 24 heavy (non-hydrogen) atoms.